The molecule has 1 heterocycles. The largest absolute Gasteiger partial charge is 0.491 e. The molecule has 2 atom stereocenters. The van der Waals surface area contributed by atoms with E-state index in [1.807, 2.05) is 12.1 Å². The average molecular weight is 235 g/mol. The van der Waals surface area contributed by atoms with Gasteiger partial charge < -0.3 is 15.2 Å². The maximum Gasteiger partial charge on any atom is 0.119 e. The fourth-order valence-electron chi connectivity index (χ4n) is 2.12. The zero-order chi connectivity index (χ0) is 12.1. The monoisotopic (exact) mass is 235 g/mol. The lowest BCUT2D eigenvalue weighted by molar-refractivity contribution is 0.0264. The molecule has 17 heavy (non-hydrogen) atoms. The lowest BCUT2D eigenvalue weighted by Crippen LogP contribution is -2.17. The maximum atomic E-state index is 5.72. The van der Waals surface area contributed by atoms with Crippen molar-refractivity contribution in [1.82, 2.24) is 0 Å². The average Bonchev–Trinajstić information content (AvgIpc) is 2.75. The van der Waals surface area contributed by atoms with Crippen LogP contribution in [0.5, 0.6) is 5.75 Å². The first-order chi connectivity index (χ1) is 8.28. The molecule has 0 amide bonds. The molecule has 3 heteroatoms. The van der Waals surface area contributed by atoms with E-state index in [1.165, 1.54) is 5.56 Å². The van der Waals surface area contributed by atoms with Crippen LogP contribution in [0.1, 0.15) is 25.3 Å². The van der Waals surface area contributed by atoms with Gasteiger partial charge in [0, 0.05) is 0 Å². The van der Waals surface area contributed by atoms with Crippen molar-refractivity contribution in [3.05, 3.63) is 29.8 Å². The highest BCUT2D eigenvalue weighted by atomic mass is 16.5. The van der Waals surface area contributed by atoms with Crippen LogP contribution in [0, 0.1) is 0 Å². The summed E-state index contributed by atoms with van der Waals surface area (Å²) in [4.78, 5) is 0. The van der Waals surface area contributed by atoms with E-state index in [-0.39, 0.29) is 6.10 Å². The molecule has 1 saturated heterocycles. The van der Waals surface area contributed by atoms with Crippen molar-refractivity contribution in [2.24, 2.45) is 5.73 Å². The van der Waals surface area contributed by atoms with Crippen LogP contribution in [0.4, 0.5) is 0 Å². The third-order valence-corrected chi connectivity index (χ3v) is 3.11. The summed E-state index contributed by atoms with van der Waals surface area (Å²) in [6.45, 7) is 3.45. The van der Waals surface area contributed by atoms with E-state index in [0.29, 0.717) is 19.3 Å². The molecular formula is C14H21NO2. The Hall–Kier alpha value is -1.06. The molecule has 2 N–H and O–H groups in total. The predicted molar refractivity (Wildman–Crippen MR) is 68.3 cm³/mol. The Kier molecular flexibility index (Phi) is 4.40. The normalized spacial score (nSPS) is 23.9. The third-order valence-electron chi connectivity index (χ3n) is 3.11. The van der Waals surface area contributed by atoms with E-state index >= 15 is 0 Å². The van der Waals surface area contributed by atoms with Gasteiger partial charge in [0.1, 0.15) is 12.4 Å². The van der Waals surface area contributed by atoms with Gasteiger partial charge in [-0.15, -0.1) is 0 Å². The molecular weight excluding hydrogens is 214 g/mol. The summed E-state index contributed by atoms with van der Waals surface area (Å²) < 4.78 is 11.4. The van der Waals surface area contributed by atoms with Crippen molar-refractivity contribution in [3.63, 3.8) is 0 Å². The molecule has 94 valence electrons. The summed E-state index contributed by atoms with van der Waals surface area (Å²) >= 11 is 0. The lowest BCUT2D eigenvalue weighted by Gasteiger charge is -2.12. The fourth-order valence-corrected chi connectivity index (χ4v) is 2.12. The second-order valence-electron chi connectivity index (χ2n) is 4.64. The first-order valence-electron chi connectivity index (χ1n) is 6.35. The van der Waals surface area contributed by atoms with Crippen LogP contribution in [0.3, 0.4) is 0 Å². The van der Waals surface area contributed by atoms with Gasteiger partial charge in [-0.05, 0) is 50.4 Å². The second kappa shape index (κ2) is 6.03. The molecule has 1 fully saturated rings. The van der Waals surface area contributed by atoms with Crippen molar-refractivity contribution in [2.75, 3.05) is 13.2 Å². The molecule has 1 aliphatic heterocycles. The Balaban J connectivity index is 1.78. The van der Waals surface area contributed by atoms with Crippen molar-refractivity contribution in [1.29, 1.82) is 0 Å². The number of benzene rings is 1. The number of nitrogens with two attached hydrogens (primary N) is 1. The van der Waals surface area contributed by atoms with Crippen molar-refractivity contribution >= 4 is 0 Å². The lowest BCUT2D eigenvalue weighted by atomic mass is 10.1. The molecule has 0 saturated carbocycles. The number of hydrogen-bond donors (Lipinski definition) is 1. The van der Waals surface area contributed by atoms with E-state index in [9.17, 15) is 0 Å². The van der Waals surface area contributed by atoms with Crippen LogP contribution < -0.4 is 10.5 Å². The topological polar surface area (TPSA) is 44.5 Å². The van der Waals surface area contributed by atoms with Crippen LogP contribution in [-0.4, -0.2) is 25.4 Å². The molecule has 1 aromatic carbocycles. The Bertz CT molecular complexity index is 337. The summed E-state index contributed by atoms with van der Waals surface area (Å²) in [7, 11) is 0. The van der Waals surface area contributed by atoms with Crippen LogP contribution in [0.25, 0.3) is 0 Å². The highest BCUT2D eigenvalue weighted by Gasteiger charge is 2.21. The van der Waals surface area contributed by atoms with E-state index in [4.69, 9.17) is 15.2 Å². The standard InChI is InChI=1S/C14H21NO2/c1-11-2-5-14(17-11)10-16-13-6-3-12(4-7-13)8-9-15/h3-4,6-7,11,14H,2,5,8-10,15H2,1H3. The van der Waals surface area contributed by atoms with Crippen molar-refractivity contribution in [2.45, 2.75) is 38.4 Å². The van der Waals surface area contributed by atoms with Gasteiger partial charge in [-0.25, -0.2) is 0 Å². The summed E-state index contributed by atoms with van der Waals surface area (Å²) in [6, 6.07) is 8.15. The van der Waals surface area contributed by atoms with E-state index in [0.717, 1.165) is 25.0 Å². The minimum Gasteiger partial charge on any atom is -0.491 e. The van der Waals surface area contributed by atoms with Gasteiger partial charge >= 0.3 is 0 Å². The van der Waals surface area contributed by atoms with E-state index < -0.39 is 0 Å². The summed E-state index contributed by atoms with van der Waals surface area (Å²) in [5.41, 5.74) is 6.76. The molecule has 0 aromatic heterocycles. The van der Waals surface area contributed by atoms with Crippen LogP contribution >= 0.6 is 0 Å². The SMILES string of the molecule is CC1CCC(COc2ccc(CCN)cc2)O1. The predicted octanol–water partition coefficient (Wildman–Crippen LogP) is 2.13. The minimum absolute atomic E-state index is 0.258. The Morgan fingerprint density at radius 3 is 2.65 bits per heavy atom. The molecule has 2 unspecified atom stereocenters. The molecule has 1 aliphatic rings. The molecule has 0 aliphatic carbocycles. The number of rotatable bonds is 5. The van der Waals surface area contributed by atoms with Gasteiger partial charge in [0.15, 0.2) is 0 Å². The van der Waals surface area contributed by atoms with Crippen molar-refractivity contribution in [3.8, 4) is 5.75 Å². The van der Waals surface area contributed by atoms with Gasteiger partial charge in [-0.1, -0.05) is 12.1 Å². The van der Waals surface area contributed by atoms with Gasteiger partial charge in [0.05, 0.1) is 12.2 Å². The van der Waals surface area contributed by atoms with Gasteiger partial charge in [-0.3, -0.25) is 0 Å². The third kappa shape index (κ3) is 3.72. The molecule has 0 bridgehead atoms. The first-order valence-corrected chi connectivity index (χ1v) is 6.35. The van der Waals surface area contributed by atoms with Crippen molar-refractivity contribution < 1.29 is 9.47 Å². The van der Waals surface area contributed by atoms with Crippen LogP contribution in [0.2, 0.25) is 0 Å². The smallest absolute Gasteiger partial charge is 0.119 e. The second-order valence-corrected chi connectivity index (χ2v) is 4.64. The Labute approximate surface area is 103 Å². The molecule has 3 nitrogen and oxygen atoms in total. The highest BCUT2D eigenvalue weighted by molar-refractivity contribution is 5.27. The molecule has 0 spiro atoms. The number of hydrogen-bond acceptors (Lipinski definition) is 3. The van der Waals surface area contributed by atoms with Gasteiger partial charge in [0.25, 0.3) is 0 Å². The highest BCUT2D eigenvalue weighted by Crippen LogP contribution is 2.20. The van der Waals surface area contributed by atoms with Crippen LogP contribution in [0.15, 0.2) is 24.3 Å². The fraction of sp³-hybridized carbons (Fsp3) is 0.571. The Morgan fingerprint density at radius 1 is 1.29 bits per heavy atom. The first kappa shape index (κ1) is 12.4. The minimum atomic E-state index is 0.258. The van der Waals surface area contributed by atoms with Crippen LogP contribution in [-0.2, 0) is 11.2 Å². The number of ether oxygens (including phenoxy) is 2. The van der Waals surface area contributed by atoms with E-state index in [1.54, 1.807) is 0 Å². The summed E-state index contributed by atoms with van der Waals surface area (Å²) in [5.74, 6) is 0.911. The molecule has 0 radical (unpaired) electrons. The maximum absolute atomic E-state index is 5.72. The Morgan fingerprint density at radius 2 is 2.06 bits per heavy atom. The molecule has 1 aromatic rings. The van der Waals surface area contributed by atoms with E-state index in [2.05, 4.69) is 19.1 Å². The summed E-state index contributed by atoms with van der Waals surface area (Å²) in [6.07, 6.45) is 3.81. The molecule has 2 rings (SSSR count). The zero-order valence-electron chi connectivity index (χ0n) is 10.4. The summed E-state index contributed by atoms with van der Waals surface area (Å²) in [5, 5.41) is 0. The van der Waals surface area contributed by atoms with Gasteiger partial charge in [-0.2, -0.15) is 0 Å². The zero-order valence-corrected chi connectivity index (χ0v) is 10.4. The quantitative estimate of drug-likeness (QED) is 0.850. The van der Waals surface area contributed by atoms with Gasteiger partial charge in [0.2, 0.25) is 0 Å².